The highest BCUT2D eigenvalue weighted by Crippen LogP contribution is 2.22. The molecule has 8 nitrogen and oxygen atoms in total. The molecule has 1 saturated heterocycles. The second-order valence-corrected chi connectivity index (χ2v) is 7.36. The van der Waals surface area contributed by atoms with Gasteiger partial charge in [0.25, 0.3) is 5.69 Å². The quantitative estimate of drug-likeness (QED) is 0.174. The number of nitrogens with zero attached hydrogens (tertiary/aromatic N) is 2. The van der Waals surface area contributed by atoms with Gasteiger partial charge in [-0.05, 0) is 30.5 Å². The summed E-state index contributed by atoms with van der Waals surface area (Å²) < 4.78 is 11.5. The number of nitro groups is 1. The van der Waals surface area contributed by atoms with Gasteiger partial charge in [-0.15, -0.1) is 24.0 Å². The standard InChI is InChI=1S/C22H28N4O4.HI/c1-16-6-7-19(21(10-16)30-15-18-8-9-29-14-18)13-25-22(23-2)24-12-17-4-3-5-20(11-17)26(27)28;/h3-7,10-11,18H,8-9,12-15H2,1-2H3,(H2,23,24,25);1H. The molecular weight excluding hydrogens is 511 g/mol. The van der Waals surface area contributed by atoms with E-state index in [0.29, 0.717) is 31.6 Å². The van der Waals surface area contributed by atoms with Gasteiger partial charge in [0.05, 0.1) is 18.1 Å². The van der Waals surface area contributed by atoms with Gasteiger partial charge in [-0.25, -0.2) is 0 Å². The maximum absolute atomic E-state index is 10.9. The Bertz CT molecular complexity index is 901. The first-order valence-electron chi connectivity index (χ1n) is 10.0. The van der Waals surface area contributed by atoms with Gasteiger partial charge in [0.2, 0.25) is 0 Å². The van der Waals surface area contributed by atoms with Crippen molar-refractivity contribution in [2.75, 3.05) is 26.9 Å². The summed E-state index contributed by atoms with van der Waals surface area (Å²) in [6, 6.07) is 12.7. The summed E-state index contributed by atoms with van der Waals surface area (Å²) in [5, 5.41) is 17.4. The summed E-state index contributed by atoms with van der Waals surface area (Å²) in [6.45, 7) is 5.24. The molecule has 0 aromatic heterocycles. The van der Waals surface area contributed by atoms with Crippen molar-refractivity contribution in [3.63, 3.8) is 0 Å². The molecule has 0 aliphatic carbocycles. The minimum Gasteiger partial charge on any atom is -0.493 e. The smallest absolute Gasteiger partial charge is 0.269 e. The molecule has 2 aromatic carbocycles. The van der Waals surface area contributed by atoms with E-state index < -0.39 is 4.92 Å². The summed E-state index contributed by atoms with van der Waals surface area (Å²) >= 11 is 0. The van der Waals surface area contributed by atoms with Crippen LogP contribution < -0.4 is 15.4 Å². The van der Waals surface area contributed by atoms with Crippen LogP contribution in [0.15, 0.2) is 47.5 Å². The zero-order valence-corrected chi connectivity index (χ0v) is 20.1. The predicted molar refractivity (Wildman–Crippen MR) is 131 cm³/mol. The Labute approximate surface area is 199 Å². The highest BCUT2D eigenvalue weighted by atomic mass is 127. The van der Waals surface area contributed by atoms with Crippen LogP contribution in [0.5, 0.6) is 5.75 Å². The zero-order valence-electron chi connectivity index (χ0n) is 17.8. The maximum atomic E-state index is 10.9. The molecule has 1 heterocycles. The van der Waals surface area contributed by atoms with Crippen LogP contribution in [0, 0.1) is 23.0 Å². The third-order valence-electron chi connectivity index (χ3n) is 4.97. The van der Waals surface area contributed by atoms with Gasteiger partial charge in [0.1, 0.15) is 5.75 Å². The monoisotopic (exact) mass is 540 g/mol. The van der Waals surface area contributed by atoms with Crippen LogP contribution in [0.2, 0.25) is 0 Å². The van der Waals surface area contributed by atoms with Gasteiger partial charge in [0, 0.05) is 50.4 Å². The topological polar surface area (TPSA) is 98.0 Å². The minimum atomic E-state index is -0.396. The van der Waals surface area contributed by atoms with Crippen LogP contribution >= 0.6 is 24.0 Å². The lowest BCUT2D eigenvalue weighted by Crippen LogP contribution is -2.36. The van der Waals surface area contributed by atoms with E-state index in [9.17, 15) is 10.1 Å². The molecule has 1 fully saturated rings. The lowest BCUT2D eigenvalue weighted by atomic mass is 10.1. The Morgan fingerprint density at radius 3 is 2.77 bits per heavy atom. The van der Waals surface area contributed by atoms with E-state index in [1.807, 2.05) is 19.1 Å². The Kier molecular flexibility index (Phi) is 9.99. The molecule has 0 bridgehead atoms. The summed E-state index contributed by atoms with van der Waals surface area (Å²) in [7, 11) is 1.69. The van der Waals surface area contributed by atoms with Gasteiger partial charge in [-0.3, -0.25) is 15.1 Å². The first kappa shape index (κ1) is 24.9. The summed E-state index contributed by atoms with van der Waals surface area (Å²) in [4.78, 5) is 14.8. The van der Waals surface area contributed by atoms with Crippen LogP contribution in [-0.4, -0.2) is 37.8 Å². The number of rotatable bonds is 8. The number of aryl methyl sites for hydroxylation is 1. The molecule has 1 atom stereocenters. The largest absolute Gasteiger partial charge is 0.493 e. The number of nitro benzene ring substituents is 1. The fraction of sp³-hybridized carbons (Fsp3) is 0.409. The SMILES string of the molecule is CN=C(NCc1cccc([N+](=O)[O-])c1)NCc1ccc(C)cc1OCC1CCOC1.I. The number of hydrogen-bond donors (Lipinski definition) is 2. The van der Waals surface area contributed by atoms with E-state index in [0.717, 1.165) is 42.1 Å². The van der Waals surface area contributed by atoms with Crippen molar-refractivity contribution in [2.45, 2.75) is 26.4 Å². The average molecular weight is 540 g/mol. The fourth-order valence-electron chi connectivity index (χ4n) is 3.23. The molecule has 1 aliphatic rings. The van der Waals surface area contributed by atoms with Crippen molar-refractivity contribution in [1.29, 1.82) is 0 Å². The van der Waals surface area contributed by atoms with Crippen LogP contribution in [0.3, 0.4) is 0 Å². The van der Waals surface area contributed by atoms with Gasteiger partial charge < -0.3 is 20.1 Å². The van der Waals surface area contributed by atoms with E-state index in [1.165, 1.54) is 6.07 Å². The number of guanidine groups is 1. The molecule has 2 aromatic rings. The van der Waals surface area contributed by atoms with Gasteiger partial charge in [-0.1, -0.05) is 24.3 Å². The average Bonchev–Trinajstić information content (AvgIpc) is 3.27. The van der Waals surface area contributed by atoms with E-state index in [1.54, 1.807) is 19.2 Å². The van der Waals surface area contributed by atoms with Crippen molar-refractivity contribution in [3.05, 3.63) is 69.3 Å². The van der Waals surface area contributed by atoms with Crippen molar-refractivity contribution < 1.29 is 14.4 Å². The number of nitrogens with one attached hydrogen (secondary N) is 2. The lowest BCUT2D eigenvalue weighted by molar-refractivity contribution is -0.384. The van der Waals surface area contributed by atoms with E-state index in [2.05, 4.69) is 27.8 Å². The Hall–Kier alpha value is -2.40. The van der Waals surface area contributed by atoms with E-state index in [-0.39, 0.29) is 29.7 Å². The molecule has 0 amide bonds. The number of hydrogen-bond acceptors (Lipinski definition) is 5. The second-order valence-electron chi connectivity index (χ2n) is 7.36. The first-order chi connectivity index (χ1) is 14.5. The van der Waals surface area contributed by atoms with Gasteiger partial charge in [0.15, 0.2) is 5.96 Å². The maximum Gasteiger partial charge on any atom is 0.269 e. The number of benzene rings is 2. The molecule has 168 valence electrons. The Balaban J connectivity index is 0.00000341. The Morgan fingerprint density at radius 2 is 2.06 bits per heavy atom. The number of ether oxygens (including phenoxy) is 2. The van der Waals surface area contributed by atoms with E-state index >= 15 is 0 Å². The molecule has 2 N–H and O–H groups in total. The normalized spacial score (nSPS) is 15.8. The lowest BCUT2D eigenvalue weighted by Gasteiger charge is -2.17. The van der Waals surface area contributed by atoms with Crippen molar-refractivity contribution in [2.24, 2.45) is 10.9 Å². The molecule has 0 spiro atoms. The number of aliphatic imine (C=N–C) groups is 1. The molecule has 0 radical (unpaired) electrons. The fourth-order valence-corrected chi connectivity index (χ4v) is 3.23. The summed E-state index contributed by atoms with van der Waals surface area (Å²) in [5.41, 5.74) is 3.07. The molecule has 1 unspecified atom stereocenters. The van der Waals surface area contributed by atoms with E-state index in [4.69, 9.17) is 9.47 Å². The van der Waals surface area contributed by atoms with Crippen molar-refractivity contribution in [3.8, 4) is 5.75 Å². The van der Waals surface area contributed by atoms with Crippen molar-refractivity contribution >= 4 is 35.6 Å². The van der Waals surface area contributed by atoms with Crippen LogP contribution in [0.1, 0.15) is 23.1 Å². The molecule has 3 rings (SSSR count). The molecular formula is C22H29IN4O4. The third-order valence-corrected chi connectivity index (χ3v) is 4.97. The zero-order chi connectivity index (χ0) is 21.3. The highest BCUT2D eigenvalue weighted by molar-refractivity contribution is 14.0. The highest BCUT2D eigenvalue weighted by Gasteiger charge is 2.17. The van der Waals surface area contributed by atoms with Crippen molar-refractivity contribution in [1.82, 2.24) is 10.6 Å². The van der Waals surface area contributed by atoms with Crippen LogP contribution in [0.4, 0.5) is 5.69 Å². The minimum absolute atomic E-state index is 0. The second kappa shape index (κ2) is 12.5. The van der Waals surface area contributed by atoms with Gasteiger partial charge >= 0.3 is 0 Å². The summed E-state index contributed by atoms with van der Waals surface area (Å²) in [6.07, 6.45) is 1.04. The molecule has 0 saturated carbocycles. The molecule has 9 heteroatoms. The number of non-ortho nitro benzene ring substituents is 1. The predicted octanol–water partition coefficient (Wildman–Crippen LogP) is 3.80. The first-order valence-corrected chi connectivity index (χ1v) is 10.0. The Morgan fingerprint density at radius 1 is 1.26 bits per heavy atom. The van der Waals surface area contributed by atoms with Crippen LogP contribution in [-0.2, 0) is 17.8 Å². The van der Waals surface area contributed by atoms with Gasteiger partial charge in [-0.2, -0.15) is 0 Å². The summed E-state index contributed by atoms with van der Waals surface area (Å²) in [5.74, 6) is 1.91. The third kappa shape index (κ3) is 7.66. The van der Waals surface area contributed by atoms with Crippen LogP contribution in [0.25, 0.3) is 0 Å². The molecule has 1 aliphatic heterocycles. The number of halogens is 1. The molecule has 31 heavy (non-hydrogen) atoms.